The molecular formula is C18H29N3O5S. The predicted octanol–water partition coefficient (Wildman–Crippen LogP) is 0.836. The van der Waals surface area contributed by atoms with E-state index >= 15 is 0 Å². The standard InChI is InChI=1S/C18H29N3O5S/c1-3-20-27(23,24)17-14-15(6-7-16(17)26-4-2)18(22)19-8-5-9-21-10-12-25-13-11-21/h6-7,14,20H,3-5,8-13H2,1-2H3,(H,19,22). The average molecular weight is 400 g/mol. The summed E-state index contributed by atoms with van der Waals surface area (Å²) in [5.41, 5.74) is 0.293. The third kappa shape index (κ3) is 6.46. The van der Waals surface area contributed by atoms with Gasteiger partial charge < -0.3 is 14.8 Å². The van der Waals surface area contributed by atoms with Crippen LogP contribution < -0.4 is 14.8 Å². The molecule has 0 bridgehead atoms. The highest BCUT2D eigenvalue weighted by molar-refractivity contribution is 7.89. The van der Waals surface area contributed by atoms with E-state index in [2.05, 4.69) is 14.9 Å². The molecule has 0 atom stereocenters. The minimum atomic E-state index is -3.73. The first-order valence-electron chi connectivity index (χ1n) is 9.32. The molecule has 0 aromatic heterocycles. The molecule has 1 amide bonds. The van der Waals surface area contributed by atoms with Gasteiger partial charge in [-0.25, -0.2) is 13.1 Å². The molecule has 1 aliphatic heterocycles. The van der Waals surface area contributed by atoms with Gasteiger partial charge in [0.15, 0.2) is 0 Å². The molecule has 1 aromatic carbocycles. The van der Waals surface area contributed by atoms with Crippen molar-refractivity contribution >= 4 is 15.9 Å². The van der Waals surface area contributed by atoms with Crippen LogP contribution in [-0.2, 0) is 14.8 Å². The normalized spacial score (nSPS) is 15.5. The maximum Gasteiger partial charge on any atom is 0.251 e. The molecule has 1 fully saturated rings. The lowest BCUT2D eigenvalue weighted by atomic mass is 10.2. The van der Waals surface area contributed by atoms with Crippen LogP contribution >= 0.6 is 0 Å². The van der Waals surface area contributed by atoms with E-state index in [1.54, 1.807) is 19.9 Å². The molecule has 0 saturated carbocycles. The number of nitrogens with one attached hydrogen (secondary N) is 2. The van der Waals surface area contributed by atoms with Crippen molar-refractivity contribution in [3.63, 3.8) is 0 Å². The Bertz CT molecular complexity index is 718. The fraction of sp³-hybridized carbons (Fsp3) is 0.611. The van der Waals surface area contributed by atoms with Crippen LogP contribution in [0.15, 0.2) is 23.1 Å². The van der Waals surface area contributed by atoms with Crippen molar-refractivity contribution in [1.82, 2.24) is 14.9 Å². The SMILES string of the molecule is CCNS(=O)(=O)c1cc(C(=O)NCCCN2CCOCC2)ccc1OCC. The third-order valence-electron chi connectivity index (χ3n) is 4.17. The molecule has 0 unspecified atom stereocenters. The van der Waals surface area contributed by atoms with Crippen LogP contribution in [0.4, 0.5) is 0 Å². The Morgan fingerprint density at radius 2 is 2.00 bits per heavy atom. The first-order chi connectivity index (χ1) is 13.0. The maximum absolute atomic E-state index is 12.4. The van der Waals surface area contributed by atoms with Gasteiger partial charge in [0.2, 0.25) is 10.0 Å². The Morgan fingerprint density at radius 3 is 2.67 bits per heavy atom. The van der Waals surface area contributed by atoms with Crippen molar-refractivity contribution in [3.05, 3.63) is 23.8 Å². The second-order valence-corrected chi connectivity index (χ2v) is 7.89. The highest BCUT2D eigenvalue weighted by atomic mass is 32.2. The van der Waals surface area contributed by atoms with E-state index in [4.69, 9.17) is 9.47 Å². The predicted molar refractivity (Wildman–Crippen MR) is 103 cm³/mol. The van der Waals surface area contributed by atoms with E-state index in [1.807, 2.05) is 0 Å². The Kier molecular flexibility index (Phi) is 8.49. The van der Waals surface area contributed by atoms with Gasteiger partial charge in [-0.3, -0.25) is 9.69 Å². The summed E-state index contributed by atoms with van der Waals surface area (Å²) in [6.45, 7) is 8.82. The first-order valence-corrected chi connectivity index (χ1v) is 10.8. The summed E-state index contributed by atoms with van der Waals surface area (Å²) in [5.74, 6) is -0.0599. The van der Waals surface area contributed by atoms with E-state index in [9.17, 15) is 13.2 Å². The van der Waals surface area contributed by atoms with E-state index in [-0.39, 0.29) is 23.1 Å². The fourth-order valence-electron chi connectivity index (χ4n) is 2.83. The zero-order valence-corrected chi connectivity index (χ0v) is 16.8. The molecule has 8 nitrogen and oxygen atoms in total. The number of sulfonamides is 1. The van der Waals surface area contributed by atoms with Gasteiger partial charge in [0, 0.05) is 31.7 Å². The zero-order valence-electron chi connectivity index (χ0n) is 16.0. The third-order valence-corrected chi connectivity index (χ3v) is 5.74. The Labute approximate surface area is 161 Å². The van der Waals surface area contributed by atoms with Crippen LogP contribution in [-0.4, -0.2) is 71.8 Å². The largest absolute Gasteiger partial charge is 0.492 e. The second kappa shape index (κ2) is 10.6. The lowest BCUT2D eigenvalue weighted by Gasteiger charge is -2.26. The van der Waals surface area contributed by atoms with Crippen LogP contribution in [0.2, 0.25) is 0 Å². The fourth-order valence-corrected chi connectivity index (χ4v) is 4.04. The van der Waals surface area contributed by atoms with Crippen molar-refractivity contribution in [3.8, 4) is 5.75 Å². The van der Waals surface area contributed by atoms with Gasteiger partial charge in [-0.1, -0.05) is 6.92 Å². The maximum atomic E-state index is 12.4. The summed E-state index contributed by atoms with van der Waals surface area (Å²) >= 11 is 0. The first kappa shape index (κ1) is 21.6. The summed E-state index contributed by atoms with van der Waals surface area (Å²) in [4.78, 5) is 14.7. The van der Waals surface area contributed by atoms with Crippen LogP contribution in [0.25, 0.3) is 0 Å². The number of carbonyl (C=O) groups excluding carboxylic acids is 1. The van der Waals surface area contributed by atoms with Crippen LogP contribution in [0.1, 0.15) is 30.6 Å². The number of ether oxygens (including phenoxy) is 2. The average Bonchev–Trinajstić information content (AvgIpc) is 2.66. The highest BCUT2D eigenvalue weighted by Gasteiger charge is 2.21. The molecule has 0 radical (unpaired) electrons. The summed E-state index contributed by atoms with van der Waals surface area (Å²) in [6, 6.07) is 4.46. The lowest BCUT2D eigenvalue weighted by molar-refractivity contribution is 0.0374. The molecule has 1 aliphatic rings. The van der Waals surface area contributed by atoms with Crippen LogP contribution in [0, 0.1) is 0 Å². The van der Waals surface area contributed by atoms with E-state index < -0.39 is 10.0 Å². The Morgan fingerprint density at radius 1 is 1.26 bits per heavy atom. The zero-order chi connectivity index (χ0) is 19.7. The lowest BCUT2D eigenvalue weighted by Crippen LogP contribution is -2.38. The number of hydrogen-bond acceptors (Lipinski definition) is 6. The van der Waals surface area contributed by atoms with Gasteiger partial charge in [-0.05, 0) is 38.1 Å². The molecule has 0 aliphatic carbocycles. The Balaban J connectivity index is 1.98. The molecule has 1 heterocycles. The molecule has 9 heteroatoms. The molecule has 152 valence electrons. The van der Waals surface area contributed by atoms with E-state index in [0.717, 1.165) is 39.3 Å². The minimum absolute atomic E-state index is 0.0211. The van der Waals surface area contributed by atoms with Gasteiger partial charge in [0.25, 0.3) is 5.91 Å². The van der Waals surface area contributed by atoms with E-state index in [1.165, 1.54) is 12.1 Å². The van der Waals surface area contributed by atoms with Gasteiger partial charge in [-0.15, -0.1) is 0 Å². The minimum Gasteiger partial charge on any atom is -0.492 e. The smallest absolute Gasteiger partial charge is 0.251 e. The summed E-state index contributed by atoms with van der Waals surface area (Å²) in [7, 11) is -3.73. The molecular weight excluding hydrogens is 370 g/mol. The highest BCUT2D eigenvalue weighted by Crippen LogP contribution is 2.25. The number of morpholine rings is 1. The van der Waals surface area contributed by atoms with Crippen molar-refractivity contribution in [2.24, 2.45) is 0 Å². The number of benzene rings is 1. The van der Waals surface area contributed by atoms with Crippen molar-refractivity contribution in [1.29, 1.82) is 0 Å². The van der Waals surface area contributed by atoms with Crippen LogP contribution in [0.5, 0.6) is 5.75 Å². The number of nitrogens with zero attached hydrogens (tertiary/aromatic N) is 1. The van der Waals surface area contributed by atoms with Gasteiger partial charge >= 0.3 is 0 Å². The number of hydrogen-bond donors (Lipinski definition) is 2. The number of amides is 1. The van der Waals surface area contributed by atoms with Crippen LogP contribution in [0.3, 0.4) is 0 Å². The quantitative estimate of drug-likeness (QED) is 0.566. The number of rotatable bonds is 10. The molecule has 1 saturated heterocycles. The van der Waals surface area contributed by atoms with Gasteiger partial charge in [0.1, 0.15) is 10.6 Å². The van der Waals surface area contributed by atoms with Crippen molar-refractivity contribution < 1.29 is 22.7 Å². The van der Waals surface area contributed by atoms with Crippen molar-refractivity contribution in [2.45, 2.75) is 25.2 Å². The summed E-state index contributed by atoms with van der Waals surface area (Å²) in [6.07, 6.45) is 0.825. The molecule has 27 heavy (non-hydrogen) atoms. The summed E-state index contributed by atoms with van der Waals surface area (Å²) < 4.78 is 37.9. The molecule has 0 spiro atoms. The van der Waals surface area contributed by atoms with Crippen molar-refractivity contribution in [2.75, 3.05) is 52.5 Å². The summed E-state index contributed by atoms with van der Waals surface area (Å²) in [5, 5.41) is 2.85. The molecule has 1 aromatic rings. The molecule has 2 rings (SSSR count). The Hall–Kier alpha value is -1.68. The molecule has 2 N–H and O–H groups in total. The van der Waals surface area contributed by atoms with Gasteiger partial charge in [-0.2, -0.15) is 0 Å². The van der Waals surface area contributed by atoms with Gasteiger partial charge in [0.05, 0.1) is 19.8 Å². The van der Waals surface area contributed by atoms with E-state index in [0.29, 0.717) is 18.7 Å². The number of carbonyl (C=O) groups is 1. The monoisotopic (exact) mass is 399 g/mol. The second-order valence-electron chi connectivity index (χ2n) is 6.16. The topological polar surface area (TPSA) is 97.0 Å².